The van der Waals surface area contributed by atoms with Crippen LogP contribution in [-0.4, -0.2) is 19.1 Å². The summed E-state index contributed by atoms with van der Waals surface area (Å²) in [5.41, 5.74) is 2.15. The molecule has 0 spiro atoms. The van der Waals surface area contributed by atoms with Gasteiger partial charge in [-0.2, -0.15) is 0 Å². The van der Waals surface area contributed by atoms with Crippen LogP contribution in [0.2, 0.25) is 0 Å². The van der Waals surface area contributed by atoms with Gasteiger partial charge in [0.15, 0.2) is 5.75 Å². The lowest BCUT2D eigenvalue weighted by atomic mass is 10.2. The second kappa shape index (κ2) is 5.54. The Labute approximate surface area is 97.0 Å². The van der Waals surface area contributed by atoms with E-state index >= 15 is 0 Å². The zero-order valence-electron chi connectivity index (χ0n) is 10.4. The molecule has 0 amide bonds. The fraction of sp³-hybridized carbons (Fsp3) is 0.462. The molecule has 1 rings (SSSR count). The van der Waals surface area contributed by atoms with Gasteiger partial charge in [0.2, 0.25) is 0 Å². The Balaban J connectivity index is 3.11. The molecule has 0 N–H and O–H groups in total. The zero-order chi connectivity index (χ0) is 12.1. The first-order chi connectivity index (χ1) is 7.58. The molecule has 1 aromatic carbocycles. The van der Waals surface area contributed by atoms with Crippen LogP contribution in [0.25, 0.3) is 0 Å². The van der Waals surface area contributed by atoms with Crippen molar-refractivity contribution in [2.75, 3.05) is 18.0 Å². The van der Waals surface area contributed by atoms with Crippen molar-refractivity contribution in [2.45, 2.75) is 27.7 Å². The van der Waals surface area contributed by atoms with E-state index in [-0.39, 0.29) is 5.97 Å². The van der Waals surface area contributed by atoms with Gasteiger partial charge in [-0.3, -0.25) is 4.79 Å². The first kappa shape index (κ1) is 12.6. The number of rotatable bonds is 4. The number of benzene rings is 1. The van der Waals surface area contributed by atoms with Gasteiger partial charge in [-0.1, -0.05) is 6.07 Å². The van der Waals surface area contributed by atoms with Crippen LogP contribution in [-0.2, 0) is 4.79 Å². The maximum Gasteiger partial charge on any atom is 0.308 e. The number of carbonyl (C=O) groups is 1. The smallest absolute Gasteiger partial charge is 0.308 e. The number of aryl methyl sites for hydroxylation is 1. The van der Waals surface area contributed by atoms with E-state index in [2.05, 4.69) is 18.7 Å². The zero-order valence-corrected chi connectivity index (χ0v) is 10.4. The van der Waals surface area contributed by atoms with Gasteiger partial charge in [0.25, 0.3) is 0 Å². The van der Waals surface area contributed by atoms with E-state index < -0.39 is 0 Å². The normalized spacial score (nSPS) is 10.0. The van der Waals surface area contributed by atoms with Gasteiger partial charge in [-0.15, -0.1) is 0 Å². The lowest BCUT2D eigenvalue weighted by molar-refractivity contribution is -0.131. The van der Waals surface area contributed by atoms with Crippen molar-refractivity contribution in [1.82, 2.24) is 0 Å². The molecule has 0 saturated heterocycles. The van der Waals surface area contributed by atoms with Crippen molar-refractivity contribution < 1.29 is 9.53 Å². The molecule has 0 atom stereocenters. The largest absolute Gasteiger partial charge is 0.425 e. The van der Waals surface area contributed by atoms with Gasteiger partial charge in [0, 0.05) is 20.0 Å². The van der Waals surface area contributed by atoms with E-state index in [1.807, 2.05) is 25.1 Å². The van der Waals surface area contributed by atoms with Crippen LogP contribution in [0.5, 0.6) is 5.75 Å². The number of esters is 1. The molecule has 0 fully saturated rings. The number of nitrogens with zero attached hydrogens (tertiary/aromatic N) is 1. The molecule has 0 aliphatic carbocycles. The molecule has 0 radical (unpaired) electrons. The highest BCUT2D eigenvalue weighted by Crippen LogP contribution is 2.29. The topological polar surface area (TPSA) is 29.5 Å². The highest BCUT2D eigenvalue weighted by Gasteiger charge is 2.11. The standard InChI is InChI=1S/C13H19NO2/c1-5-14(6-2)12-9-10(3)7-8-13(12)16-11(4)15/h7-9H,5-6H2,1-4H3. The minimum Gasteiger partial charge on any atom is -0.425 e. The number of carbonyl (C=O) groups excluding carboxylic acids is 1. The Hall–Kier alpha value is -1.51. The van der Waals surface area contributed by atoms with E-state index in [1.165, 1.54) is 6.92 Å². The van der Waals surface area contributed by atoms with Crippen molar-refractivity contribution in [3.8, 4) is 5.75 Å². The molecule has 0 heterocycles. The van der Waals surface area contributed by atoms with Crippen molar-refractivity contribution in [3.05, 3.63) is 23.8 Å². The van der Waals surface area contributed by atoms with Gasteiger partial charge in [-0.25, -0.2) is 0 Å². The summed E-state index contributed by atoms with van der Waals surface area (Å²) >= 11 is 0. The van der Waals surface area contributed by atoms with Crippen LogP contribution >= 0.6 is 0 Å². The first-order valence-electron chi connectivity index (χ1n) is 5.62. The van der Waals surface area contributed by atoms with Gasteiger partial charge in [-0.05, 0) is 38.5 Å². The van der Waals surface area contributed by atoms with Crippen molar-refractivity contribution in [2.24, 2.45) is 0 Å². The summed E-state index contributed by atoms with van der Waals surface area (Å²) < 4.78 is 5.20. The third kappa shape index (κ3) is 2.99. The van der Waals surface area contributed by atoms with E-state index in [1.54, 1.807) is 0 Å². The van der Waals surface area contributed by atoms with E-state index in [4.69, 9.17) is 4.74 Å². The van der Waals surface area contributed by atoms with Crippen LogP contribution < -0.4 is 9.64 Å². The van der Waals surface area contributed by atoms with Gasteiger partial charge in [0.05, 0.1) is 5.69 Å². The summed E-state index contributed by atoms with van der Waals surface area (Å²) in [6.45, 7) is 9.42. The molecule has 3 nitrogen and oxygen atoms in total. The van der Waals surface area contributed by atoms with Gasteiger partial charge < -0.3 is 9.64 Å². The summed E-state index contributed by atoms with van der Waals surface area (Å²) in [5, 5.41) is 0. The molecule has 0 bridgehead atoms. The maximum atomic E-state index is 11.0. The van der Waals surface area contributed by atoms with Crippen LogP contribution in [0.1, 0.15) is 26.3 Å². The van der Waals surface area contributed by atoms with Crippen LogP contribution in [0.15, 0.2) is 18.2 Å². The SMILES string of the molecule is CCN(CC)c1cc(C)ccc1OC(C)=O. The molecule has 16 heavy (non-hydrogen) atoms. The molecule has 3 heteroatoms. The Bertz CT molecular complexity index is 370. The van der Waals surface area contributed by atoms with Crippen LogP contribution in [0, 0.1) is 6.92 Å². The molecule has 0 aliphatic heterocycles. The third-order valence-electron chi connectivity index (χ3n) is 2.47. The second-order valence-electron chi connectivity index (χ2n) is 3.74. The lowest BCUT2D eigenvalue weighted by Crippen LogP contribution is -2.23. The molecule has 0 unspecified atom stereocenters. The van der Waals surface area contributed by atoms with Crippen molar-refractivity contribution in [3.63, 3.8) is 0 Å². The van der Waals surface area contributed by atoms with Crippen LogP contribution in [0.4, 0.5) is 5.69 Å². The number of ether oxygens (including phenoxy) is 1. The predicted octanol–water partition coefficient (Wildman–Crippen LogP) is 2.77. The summed E-state index contributed by atoms with van der Waals surface area (Å²) in [4.78, 5) is 13.2. The molecular formula is C13H19NO2. The maximum absolute atomic E-state index is 11.0. The molecule has 88 valence electrons. The number of hydrogen-bond donors (Lipinski definition) is 0. The monoisotopic (exact) mass is 221 g/mol. The highest BCUT2D eigenvalue weighted by atomic mass is 16.5. The van der Waals surface area contributed by atoms with E-state index in [0.29, 0.717) is 5.75 Å². The Morgan fingerprint density at radius 1 is 1.31 bits per heavy atom. The third-order valence-corrected chi connectivity index (χ3v) is 2.47. The summed E-state index contributed by atoms with van der Waals surface area (Å²) in [6.07, 6.45) is 0. The molecular weight excluding hydrogens is 202 g/mol. The molecule has 1 aromatic rings. The fourth-order valence-electron chi connectivity index (χ4n) is 1.68. The second-order valence-corrected chi connectivity index (χ2v) is 3.74. The fourth-order valence-corrected chi connectivity index (χ4v) is 1.68. The number of anilines is 1. The molecule has 0 saturated carbocycles. The first-order valence-corrected chi connectivity index (χ1v) is 5.62. The average Bonchev–Trinajstić information content (AvgIpc) is 2.23. The van der Waals surface area contributed by atoms with Crippen molar-refractivity contribution in [1.29, 1.82) is 0 Å². The van der Waals surface area contributed by atoms with Crippen molar-refractivity contribution >= 4 is 11.7 Å². The number of hydrogen-bond acceptors (Lipinski definition) is 3. The Morgan fingerprint density at radius 2 is 1.94 bits per heavy atom. The summed E-state index contributed by atoms with van der Waals surface area (Å²) in [6, 6.07) is 5.85. The summed E-state index contributed by atoms with van der Waals surface area (Å²) in [7, 11) is 0. The van der Waals surface area contributed by atoms with Crippen LogP contribution in [0.3, 0.4) is 0 Å². The minimum atomic E-state index is -0.280. The van der Waals surface area contributed by atoms with E-state index in [0.717, 1.165) is 24.3 Å². The van der Waals surface area contributed by atoms with E-state index in [9.17, 15) is 4.79 Å². The summed E-state index contributed by atoms with van der Waals surface area (Å²) in [5.74, 6) is 0.360. The minimum absolute atomic E-state index is 0.280. The van der Waals surface area contributed by atoms with Gasteiger partial charge in [0.1, 0.15) is 0 Å². The quantitative estimate of drug-likeness (QED) is 0.578. The molecule has 0 aromatic heterocycles. The van der Waals surface area contributed by atoms with Gasteiger partial charge >= 0.3 is 5.97 Å². The molecule has 0 aliphatic rings. The Kier molecular flexibility index (Phi) is 4.35. The highest BCUT2D eigenvalue weighted by molar-refractivity contribution is 5.73. The predicted molar refractivity (Wildman–Crippen MR) is 66.0 cm³/mol. The lowest BCUT2D eigenvalue weighted by Gasteiger charge is -2.23. The average molecular weight is 221 g/mol. The Morgan fingerprint density at radius 3 is 2.44 bits per heavy atom.